The summed E-state index contributed by atoms with van der Waals surface area (Å²) in [7, 11) is 3.01. The van der Waals surface area contributed by atoms with E-state index in [4.69, 9.17) is 0 Å². The van der Waals surface area contributed by atoms with Crippen molar-refractivity contribution in [3.63, 3.8) is 0 Å². The van der Waals surface area contributed by atoms with Crippen LogP contribution in [-0.4, -0.2) is 31.4 Å². The van der Waals surface area contributed by atoms with Crippen molar-refractivity contribution >= 4 is 11.6 Å². The van der Waals surface area contributed by atoms with Crippen LogP contribution in [0.4, 0.5) is 18.9 Å². The number of hydrogen-bond acceptors (Lipinski definition) is 2. The highest BCUT2D eigenvalue weighted by molar-refractivity contribution is 5.94. The standard InChI is InChI=1S/C14H19F3N2O/c1-4-5-8-19(3)13(20)10-6-7-12(18-2)11(9-10)14(15,16)17/h6-7,9,18H,4-5,8H2,1-3H3. The van der Waals surface area contributed by atoms with E-state index in [9.17, 15) is 18.0 Å². The Kier molecular flexibility index (Phi) is 5.42. The third-order valence-corrected chi connectivity index (χ3v) is 3.04. The van der Waals surface area contributed by atoms with E-state index in [1.54, 1.807) is 7.05 Å². The minimum Gasteiger partial charge on any atom is -0.388 e. The Hall–Kier alpha value is -1.72. The SMILES string of the molecule is CCCCN(C)C(=O)c1ccc(NC)c(C(F)(F)F)c1. The Morgan fingerprint density at radius 1 is 1.35 bits per heavy atom. The maximum atomic E-state index is 12.9. The number of carbonyl (C=O) groups is 1. The van der Waals surface area contributed by atoms with Gasteiger partial charge in [-0.15, -0.1) is 0 Å². The maximum Gasteiger partial charge on any atom is 0.418 e. The lowest BCUT2D eigenvalue weighted by Crippen LogP contribution is -2.28. The van der Waals surface area contributed by atoms with Crippen molar-refractivity contribution in [2.45, 2.75) is 25.9 Å². The normalized spacial score (nSPS) is 11.3. The third-order valence-electron chi connectivity index (χ3n) is 3.04. The second kappa shape index (κ2) is 6.63. The van der Waals surface area contributed by atoms with Crippen LogP contribution in [0.25, 0.3) is 0 Å². The molecule has 1 rings (SSSR count). The van der Waals surface area contributed by atoms with Gasteiger partial charge in [0.2, 0.25) is 0 Å². The number of anilines is 1. The van der Waals surface area contributed by atoms with Crippen LogP contribution >= 0.6 is 0 Å². The molecule has 0 spiro atoms. The lowest BCUT2D eigenvalue weighted by Gasteiger charge is -2.19. The molecule has 0 aliphatic carbocycles. The van der Waals surface area contributed by atoms with Crippen molar-refractivity contribution in [1.29, 1.82) is 0 Å². The first kappa shape index (κ1) is 16.3. The highest BCUT2D eigenvalue weighted by Gasteiger charge is 2.34. The van der Waals surface area contributed by atoms with Crippen LogP contribution in [0.5, 0.6) is 0 Å². The highest BCUT2D eigenvalue weighted by Crippen LogP contribution is 2.35. The van der Waals surface area contributed by atoms with Crippen molar-refractivity contribution in [2.75, 3.05) is 26.0 Å². The van der Waals surface area contributed by atoms with Gasteiger partial charge in [-0.2, -0.15) is 13.2 Å². The molecule has 0 saturated heterocycles. The smallest absolute Gasteiger partial charge is 0.388 e. The molecule has 0 aromatic heterocycles. The summed E-state index contributed by atoms with van der Waals surface area (Å²) in [5.74, 6) is -0.397. The number of unbranched alkanes of at least 4 members (excludes halogenated alkanes) is 1. The molecular formula is C14H19F3N2O. The molecule has 0 unspecified atom stereocenters. The zero-order valence-electron chi connectivity index (χ0n) is 11.8. The van der Waals surface area contributed by atoms with E-state index in [0.717, 1.165) is 18.9 Å². The molecule has 3 nitrogen and oxygen atoms in total. The molecule has 1 N–H and O–H groups in total. The first-order valence-electron chi connectivity index (χ1n) is 6.45. The van der Waals surface area contributed by atoms with Crippen LogP contribution < -0.4 is 5.32 Å². The molecule has 20 heavy (non-hydrogen) atoms. The average molecular weight is 288 g/mol. The second-order valence-corrected chi connectivity index (χ2v) is 4.59. The number of alkyl halides is 3. The molecule has 1 amide bonds. The number of hydrogen-bond donors (Lipinski definition) is 1. The maximum absolute atomic E-state index is 12.9. The van der Waals surface area contributed by atoms with Crippen LogP contribution in [0.1, 0.15) is 35.7 Å². The van der Waals surface area contributed by atoms with Gasteiger partial charge in [0, 0.05) is 31.9 Å². The van der Waals surface area contributed by atoms with E-state index >= 15 is 0 Å². The van der Waals surface area contributed by atoms with Crippen LogP contribution in [0.3, 0.4) is 0 Å². The van der Waals surface area contributed by atoms with Gasteiger partial charge in [0.1, 0.15) is 0 Å². The Morgan fingerprint density at radius 2 is 2.00 bits per heavy atom. The fraction of sp³-hybridized carbons (Fsp3) is 0.500. The molecule has 0 fully saturated rings. The molecule has 0 aliphatic heterocycles. The molecule has 6 heteroatoms. The lowest BCUT2D eigenvalue weighted by molar-refractivity contribution is -0.136. The van der Waals surface area contributed by atoms with E-state index < -0.39 is 17.6 Å². The fourth-order valence-electron chi connectivity index (χ4n) is 1.85. The summed E-state index contributed by atoms with van der Waals surface area (Å²) >= 11 is 0. The van der Waals surface area contributed by atoms with Gasteiger partial charge >= 0.3 is 6.18 Å². The summed E-state index contributed by atoms with van der Waals surface area (Å²) in [5, 5.41) is 2.49. The van der Waals surface area contributed by atoms with Crippen molar-refractivity contribution in [1.82, 2.24) is 4.90 Å². The predicted octanol–water partition coefficient (Wildman–Crippen LogP) is 3.62. The molecule has 0 bridgehead atoms. The predicted molar refractivity (Wildman–Crippen MR) is 72.9 cm³/mol. The monoisotopic (exact) mass is 288 g/mol. The molecule has 112 valence electrons. The lowest BCUT2D eigenvalue weighted by atomic mass is 10.1. The van der Waals surface area contributed by atoms with Gasteiger partial charge in [-0.1, -0.05) is 13.3 Å². The average Bonchev–Trinajstić information content (AvgIpc) is 2.42. The fourth-order valence-corrected chi connectivity index (χ4v) is 1.85. The van der Waals surface area contributed by atoms with Gasteiger partial charge in [-0.05, 0) is 24.6 Å². The second-order valence-electron chi connectivity index (χ2n) is 4.59. The minimum absolute atomic E-state index is 0.0368. The molecule has 0 saturated carbocycles. The summed E-state index contributed by atoms with van der Waals surface area (Å²) in [4.78, 5) is 13.5. The van der Waals surface area contributed by atoms with Gasteiger partial charge < -0.3 is 10.2 Å². The first-order chi connectivity index (χ1) is 9.31. The van der Waals surface area contributed by atoms with Gasteiger partial charge in [0.25, 0.3) is 5.91 Å². The summed E-state index contributed by atoms with van der Waals surface area (Å²) in [6.45, 7) is 2.52. The Morgan fingerprint density at radius 3 is 2.50 bits per heavy atom. The quantitative estimate of drug-likeness (QED) is 0.897. The van der Waals surface area contributed by atoms with Crippen molar-refractivity contribution in [3.05, 3.63) is 29.3 Å². The number of nitrogens with one attached hydrogen (secondary N) is 1. The number of halogens is 3. The number of nitrogens with zero attached hydrogens (tertiary/aromatic N) is 1. The summed E-state index contributed by atoms with van der Waals surface area (Å²) < 4.78 is 38.8. The Labute approximate surface area is 116 Å². The van der Waals surface area contributed by atoms with Crippen LogP contribution in [0, 0.1) is 0 Å². The molecule has 0 heterocycles. The summed E-state index contributed by atoms with van der Waals surface area (Å²) in [6.07, 6.45) is -2.75. The number of benzene rings is 1. The topological polar surface area (TPSA) is 32.3 Å². The zero-order chi connectivity index (χ0) is 15.3. The zero-order valence-corrected chi connectivity index (χ0v) is 11.8. The van der Waals surface area contributed by atoms with Crippen molar-refractivity contribution < 1.29 is 18.0 Å². The number of amides is 1. The highest BCUT2D eigenvalue weighted by atomic mass is 19.4. The van der Waals surface area contributed by atoms with E-state index in [0.29, 0.717) is 6.54 Å². The largest absolute Gasteiger partial charge is 0.418 e. The van der Waals surface area contributed by atoms with Gasteiger partial charge in [0.05, 0.1) is 5.56 Å². The molecule has 1 aromatic rings. The molecule has 1 aromatic carbocycles. The van der Waals surface area contributed by atoms with E-state index in [1.165, 1.54) is 24.1 Å². The summed E-state index contributed by atoms with van der Waals surface area (Å²) in [6, 6.07) is 3.59. The van der Waals surface area contributed by atoms with Gasteiger partial charge in [-0.25, -0.2) is 0 Å². The Bertz CT molecular complexity index is 472. The van der Waals surface area contributed by atoms with Crippen LogP contribution in [-0.2, 0) is 6.18 Å². The van der Waals surface area contributed by atoms with E-state index in [1.807, 2.05) is 6.92 Å². The first-order valence-corrected chi connectivity index (χ1v) is 6.45. The minimum atomic E-state index is -4.49. The van der Waals surface area contributed by atoms with Crippen LogP contribution in [0.2, 0.25) is 0 Å². The van der Waals surface area contributed by atoms with E-state index in [2.05, 4.69) is 5.32 Å². The molecular weight excluding hydrogens is 269 g/mol. The molecule has 0 atom stereocenters. The number of rotatable bonds is 5. The Balaban J connectivity index is 3.05. The van der Waals surface area contributed by atoms with Gasteiger partial charge in [-0.3, -0.25) is 4.79 Å². The van der Waals surface area contributed by atoms with Crippen LogP contribution in [0.15, 0.2) is 18.2 Å². The van der Waals surface area contributed by atoms with Gasteiger partial charge in [0.15, 0.2) is 0 Å². The van der Waals surface area contributed by atoms with Crippen molar-refractivity contribution in [2.24, 2.45) is 0 Å². The number of carbonyl (C=O) groups excluding carboxylic acids is 1. The van der Waals surface area contributed by atoms with E-state index in [-0.39, 0.29) is 11.3 Å². The summed E-state index contributed by atoms with van der Waals surface area (Å²) in [5.41, 5.74) is -0.810. The third kappa shape index (κ3) is 3.88. The molecule has 0 aliphatic rings. The molecule has 0 radical (unpaired) electrons. The van der Waals surface area contributed by atoms with Crippen molar-refractivity contribution in [3.8, 4) is 0 Å².